The van der Waals surface area contributed by atoms with Crippen LogP contribution in [-0.4, -0.2) is 21.7 Å². The predicted octanol–water partition coefficient (Wildman–Crippen LogP) is 1.13. The van der Waals surface area contributed by atoms with Crippen molar-refractivity contribution < 1.29 is 10.4 Å². The maximum Gasteiger partial charge on any atom is 0.0814 e. The maximum atomic E-state index is 8.81. The average Bonchev–Trinajstić information content (AvgIpc) is 2.05. The van der Waals surface area contributed by atoms with Crippen molar-refractivity contribution in [2.24, 2.45) is 5.16 Å². The highest BCUT2D eigenvalue weighted by atomic mass is 16.5. The lowest BCUT2D eigenvalue weighted by atomic mass is 9.82. The van der Waals surface area contributed by atoms with Gasteiger partial charge in [0.05, 0.1) is 11.3 Å². The van der Waals surface area contributed by atoms with Gasteiger partial charge in [0.2, 0.25) is 0 Å². The molecule has 0 heterocycles. The minimum atomic E-state index is -0.507. The van der Waals surface area contributed by atoms with Gasteiger partial charge in [-0.25, -0.2) is 0 Å². The first-order valence-electron chi connectivity index (χ1n) is 3.85. The van der Waals surface area contributed by atoms with Gasteiger partial charge in [-0.3, -0.25) is 0 Å². The van der Waals surface area contributed by atoms with E-state index in [-0.39, 0.29) is 0 Å². The zero-order valence-corrected chi connectivity index (χ0v) is 6.67. The minimum Gasteiger partial charge on any atom is -0.411 e. The zero-order chi connectivity index (χ0) is 8.32. The van der Waals surface area contributed by atoms with E-state index in [9.17, 15) is 0 Å². The largest absolute Gasteiger partial charge is 0.411 e. The van der Waals surface area contributed by atoms with Crippen molar-refractivity contribution in [2.75, 3.05) is 0 Å². The SMILES string of the molecule is C[C@@]1(NO)CCCC/C1=N/O. The van der Waals surface area contributed by atoms with Gasteiger partial charge in [0.25, 0.3) is 0 Å². The number of rotatable bonds is 1. The van der Waals surface area contributed by atoms with Crippen LogP contribution in [0.15, 0.2) is 5.16 Å². The van der Waals surface area contributed by atoms with Crippen molar-refractivity contribution in [1.29, 1.82) is 0 Å². The number of hydroxylamine groups is 1. The Morgan fingerprint density at radius 3 is 2.73 bits per heavy atom. The quantitative estimate of drug-likeness (QED) is 0.396. The Balaban J connectivity index is 2.74. The molecule has 1 rings (SSSR count). The van der Waals surface area contributed by atoms with Gasteiger partial charge in [-0.2, -0.15) is 5.48 Å². The number of hydrogen-bond donors (Lipinski definition) is 3. The lowest BCUT2D eigenvalue weighted by Crippen LogP contribution is -2.49. The first-order chi connectivity index (χ1) is 5.23. The summed E-state index contributed by atoms with van der Waals surface area (Å²) < 4.78 is 0. The number of nitrogens with zero attached hydrogens (tertiary/aromatic N) is 1. The molecule has 3 N–H and O–H groups in total. The van der Waals surface area contributed by atoms with Crippen LogP contribution in [0.25, 0.3) is 0 Å². The first kappa shape index (κ1) is 8.49. The van der Waals surface area contributed by atoms with Crippen LogP contribution in [0.2, 0.25) is 0 Å². The van der Waals surface area contributed by atoms with Crippen molar-refractivity contribution in [1.82, 2.24) is 5.48 Å². The van der Waals surface area contributed by atoms with Crippen molar-refractivity contribution in [3.05, 3.63) is 0 Å². The molecule has 0 unspecified atom stereocenters. The molecule has 0 saturated heterocycles. The molecule has 0 spiro atoms. The third-order valence-corrected chi connectivity index (χ3v) is 2.34. The van der Waals surface area contributed by atoms with Crippen molar-refractivity contribution >= 4 is 5.71 Å². The standard InChI is InChI=1S/C7H14N2O2/c1-7(9-11)5-3-2-4-6(7)8-10/h9-11H,2-5H2,1H3/b8-6-/t7-/m1/s1. The van der Waals surface area contributed by atoms with Crippen molar-refractivity contribution in [3.8, 4) is 0 Å². The lowest BCUT2D eigenvalue weighted by Gasteiger charge is -2.32. The van der Waals surface area contributed by atoms with Gasteiger partial charge in [-0.05, 0) is 26.2 Å². The molecule has 64 valence electrons. The fourth-order valence-corrected chi connectivity index (χ4v) is 1.47. The van der Waals surface area contributed by atoms with E-state index in [0.29, 0.717) is 5.71 Å². The molecule has 0 amide bonds. The highest BCUT2D eigenvalue weighted by molar-refractivity contribution is 5.93. The van der Waals surface area contributed by atoms with Gasteiger partial charge in [-0.15, -0.1) is 0 Å². The summed E-state index contributed by atoms with van der Waals surface area (Å²) >= 11 is 0. The Labute approximate surface area is 65.9 Å². The molecule has 0 aliphatic heterocycles. The normalized spacial score (nSPS) is 36.0. The van der Waals surface area contributed by atoms with Gasteiger partial charge < -0.3 is 10.4 Å². The van der Waals surface area contributed by atoms with E-state index in [4.69, 9.17) is 10.4 Å². The Bertz CT molecular complexity index is 170. The van der Waals surface area contributed by atoms with Gasteiger partial charge in [0.1, 0.15) is 0 Å². The van der Waals surface area contributed by atoms with Gasteiger partial charge in [0.15, 0.2) is 0 Å². The molecule has 0 aromatic rings. The van der Waals surface area contributed by atoms with E-state index in [1.165, 1.54) is 0 Å². The Kier molecular flexibility index (Phi) is 2.46. The van der Waals surface area contributed by atoms with Gasteiger partial charge >= 0.3 is 0 Å². The lowest BCUT2D eigenvalue weighted by molar-refractivity contribution is 0.0933. The smallest absolute Gasteiger partial charge is 0.0814 e. The fraction of sp³-hybridized carbons (Fsp3) is 0.857. The van der Waals surface area contributed by atoms with E-state index in [0.717, 1.165) is 25.7 Å². The predicted molar refractivity (Wildman–Crippen MR) is 41.0 cm³/mol. The summed E-state index contributed by atoms with van der Waals surface area (Å²) in [7, 11) is 0. The first-order valence-corrected chi connectivity index (χ1v) is 3.85. The monoisotopic (exact) mass is 158 g/mol. The van der Waals surface area contributed by atoms with E-state index in [2.05, 4.69) is 10.6 Å². The van der Waals surface area contributed by atoms with Crippen LogP contribution in [0.1, 0.15) is 32.6 Å². The summed E-state index contributed by atoms with van der Waals surface area (Å²) in [6, 6.07) is 0. The summed E-state index contributed by atoms with van der Waals surface area (Å²) in [6.45, 7) is 1.83. The molecule has 4 nitrogen and oxygen atoms in total. The minimum absolute atomic E-state index is 0.507. The number of oxime groups is 1. The Hall–Kier alpha value is -0.610. The van der Waals surface area contributed by atoms with Crippen LogP contribution in [0.5, 0.6) is 0 Å². The molecule has 1 atom stereocenters. The molecule has 0 radical (unpaired) electrons. The third kappa shape index (κ3) is 1.52. The van der Waals surface area contributed by atoms with Crippen molar-refractivity contribution in [2.45, 2.75) is 38.1 Å². The molecule has 0 bridgehead atoms. The summed E-state index contributed by atoms with van der Waals surface area (Å²) in [6.07, 6.45) is 3.68. The van der Waals surface area contributed by atoms with E-state index >= 15 is 0 Å². The second kappa shape index (κ2) is 3.19. The Morgan fingerprint density at radius 2 is 2.27 bits per heavy atom. The maximum absolute atomic E-state index is 8.81. The molecule has 4 heteroatoms. The fourth-order valence-electron chi connectivity index (χ4n) is 1.47. The molecule has 1 fully saturated rings. The zero-order valence-electron chi connectivity index (χ0n) is 6.67. The number of nitrogens with one attached hydrogen (secondary N) is 1. The third-order valence-electron chi connectivity index (χ3n) is 2.34. The molecule has 1 saturated carbocycles. The molecule has 1 aliphatic carbocycles. The number of hydrogen-bond acceptors (Lipinski definition) is 4. The molecular weight excluding hydrogens is 144 g/mol. The van der Waals surface area contributed by atoms with E-state index in [1.54, 1.807) is 0 Å². The van der Waals surface area contributed by atoms with Gasteiger partial charge in [-0.1, -0.05) is 11.6 Å². The van der Waals surface area contributed by atoms with Crippen LogP contribution >= 0.6 is 0 Å². The topological polar surface area (TPSA) is 64.8 Å². The Morgan fingerprint density at radius 1 is 1.55 bits per heavy atom. The van der Waals surface area contributed by atoms with E-state index < -0.39 is 5.54 Å². The van der Waals surface area contributed by atoms with Crippen LogP contribution in [-0.2, 0) is 0 Å². The summed E-state index contributed by atoms with van der Waals surface area (Å²) in [4.78, 5) is 0. The molecule has 1 aliphatic rings. The summed E-state index contributed by atoms with van der Waals surface area (Å²) in [5.74, 6) is 0. The second-order valence-corrected chi connectivity index (χ2v) is 3.20. The van der Waals surface area contributed by atoms with Crippen LogP contribution in [0.4, 0.5) is 0 Å². The van der Waals surface area contributed by atoms with Crippen LogP contribution in [0, 0.1) is 0 Å². The molecule has 0 aromatic heterocycles. The molecule has 11 heavy (non-hydrogen) atoms. The highest BCUT2D eigenvalue weighted by Gasteiger charge is 2.32. The highest BCUT2D eigenvalue weighted by Crippen LogP contribution is 2.24. The van der Waals surface area contributed by atoms with Crippen LogP contribution < -0.4 is 5.48 Å². The average molecular weight is 158 g/mol. The molecular formula is C7H14N2O2. The van der Waals surface area contributed by atoms with Crippen molar-refractivity contribution in [3.63, 3.8) is 0 Å². The van der Waals surface area contributed by atoms with Gasteiger partial charge in [0, 0.05) is 0 Å². The van der Waals surface area contributed by atoms with E-state index in [1.807, 2.05) is 6.92 Å². The molecule has 0 aromatic carbocycles. The van der Waals surface area contributed by atoms with Crippen LogP contribution in [0.3, 0.4) is 0 Å². The summed E-state index contributed by atoms with van der Waals surface area (Å²) in [5, 5.41) is 20.6. The summed E-state index contributed by atoms with van der Waals surface area (Å²) in [5.41, 5.74) is 2.33. The second-order valence-electron chi connectivity index (χ2n) is 3.20.